The van der Waals surface area contributed by atoms with Crippen LogP contribution in [0.5, 0.6) is 0 Å². The number of hydrogen-bond acceptors (Lipinski definition) is 4. The van der Waals surface area contributed by atoms with Gasteiger partial charge < -0.3 is 10.2 Å². The van der Waals surface area contributed by atoms with Gasteiger partial charge in [0.05, 0.1) is 11.9 Å². The minimum Gasteiger partial charge on any atom is -0.355 e. The summed E-state index contributed by atoms with van der Waals surface area (Å²) in [5.74, 6) is -0.769. The van der Waals surface area contributed by atoms with Gasteiger partial charge in [0.1, 0.15) is 12.6 Å². The van der Waals surface area contributed by atoms with Crippen LogP contribution in [0, 0.1) is 0 Å². The molecule has 0 aromatic heterocycles. The fourth-order valence-corrected chi connectivity index (χ4v) is 4.24. The molecule has 1 N–H and O–H groups in total. The fraction of sp³-hybridized carbons (Fsp3) is 0.333. The van der Waals surface area contributed by atoms with Crippen molar-refractivity contribution < 1.29 is 18.0 Å². The molecule has 0 saturated carbocycles. The number of anilines is 1. The Bertz CT molecular complexity index is 983. The Morgan fingerprint density at radius 1 is 1.10 bits per heavy atom. The maximum atomic E-state index is 13.2. The van der Waals surface area contributed by atoms with Gasteiger partial charge in [0.2, 0.25) is 21.8 Å². The number of nitrogens with zero attached hydrogens (tertiary/aromatic N) is 2. The highest BCUT2D eigenvalue weighted by Gasteiger charge is 2.29. The van der Waals surface area contributed by atoms with Gasteiger partial charge in [0.25, 0.3) is 0 Å². The van der Waals surface area contributed by atoms with E-state index in [1.54, 1.807) is 44.2 Å². The topological polar surface area (TPSA) is 86.8 Å². The van der Waals surface area contributed by atoms with E-state index in [1.807, 2.05) is 24.3 Å². The molecule has 9 heteroatoms. The third-order valence-corrected chi connectivity index (χ3v) is 6.12. The van der Waals surface area contributed by atoms with Crippen LogP contribution in [0.15, 0.2) is 59.1 Å². The number of halogens is 1. The summed E-state index contributed by atoms with van der Waals surface area (Å²) in [7, 11) is -3.70. The van der Waals surface area contributed by atoms with E-state index in [-0.39, 0.29) is 12.5 Å². The van der Waals surface area contributed by atoms with E-state index in [4.69, 9.17) is 0 Å². The lowest BCUT2D eigenvalue weighted by atomic mass is 10.1. The van der Waals surface area contributed by atoms with Crippen molar-refractivity contribution in [2.24, 2.45) is 0 Å². The van der Waals surface area contributed by atoms with Crippen LogP contribution in [0.4, 0.5) is 5.69 Å². The Morgan fingerprint density at radius 3 is 2.33 bits per heavy atom. The third-order valence-electron chi connectivity index (χ3n) is 4.48. The number of rotatable bonds is 9. The van der Waals surface area contributed by atoms with E-state index >= 15 is 0 Å². The van der Waals surface area contributed by atoms with Crippen molar-refractivity contribution >= 4 is 43.5 Å². The Balaban J connectivity index is 2.35. The molecule has 0 spiro atoms. The lowest BCUT2D eigenvalue weighted by Crippen LogP contribution is -2.51. The summed E-state index contributed by atoms with van der Waals surface area (Å²) in [5, 5.41) is 2.72. The summed E-state index contributed by atoms with van der Waals surface area (Å²) < 4.78 is 26.6. The zero-order chi connectivity index (χ0) is 22.3. The number of para-hydroxylation sites is 1. The standard InChI is InChI=1S/C21H26BrN3O4S/c1-4-23-21(27)16(2)24(14-17-9-8-10-18(22)13-17)20(26)15-25(30(3,28)29)19-11-6-5-7-12-19/h5-13,16H,4,14-15H2,1-3H3,(H,23,27)/t16-/m1/s1. The number of sulfonamides is 1. The predicted octanol–water partition coefficient (Wildman–Crippen LogP) is 2.77. The Hall–Kier alpha value is -2.39. The van der Waals surface area contributed by atoms with Gasteiger partial charge in [-0.2, -0.15) is 0 Å². The van der Waals surface area contributed by atoms with Crippen LogP contribution in [-0.2, 0) is 26.2 Å². The second-order valence-electron chi connectivity index (χ2n) is 6.83. The molecule has 0 aliphatic rings. The number of likely N-dealkylation sites (N-methyl/N-ethyl adjacent to an activating group) is 1. The number of carbonyl (C=O) groups excluding carboxylic acids is 2. The highest BCUT2D eigenvalue weighted by atomic mass is 79.9. The molecule has 0 bridgehead atoms. The van der Waals surface area contributed by atoms with Gasteiger partial charge in [-0.1, -0.05) is 46.3 Å². The van der Waals surface area contributed by atoms with Gasteiger partial charge in [-0.25, -0.2) is 8.42 Å². The van der Waals surface area contributed by atoms with E-state index in [1.165, 1.54) is 4.90 Å². The lowest BCUT2D eigenvalue weighted by Gasteiger charge is -2.31. The molecule has 1 atom stereocenters. The van der Waals surface area contributed by atoms with Crippen LogP contribution in [0.1, 0.15) is 19.4 Å². The minimum atomic E-state index is -3.70. The first-order valence-corrected chi connectivity index (χ1v) is 12.1. The number of amides is 2. The quantitative estimate of drug-likeness (QED) is 0.579. The fourth-order valence-electron chi connectivity index (χ4n) is 2.94. The SMILES string of the molecule is CCNC(=O)[C@@H](C)N(Cc1cccc(Br)c1)C(=O)CN(c1ccccc1)S(C)(=O)=O. The van der Waals surface area contributed by atoms with Crippen LogP contribution in [0.2, 0.25) is 0 Å². The van der Waals surface area contributed by atoms with Crippen molar-refractivity contribution in [3.8, 4) is 0 Å². The van der Waals surface area contributed by atoms with Crippen LogP contribution in [-0.4, -0.2) is 50.5 Å². The van der Waals surface area contributed by atoms with E-state index in [2.05, 4.69) is 21.2 Å². The molecule has 0 radical (unpaired) electrons. The normalized spacial score (nSPS) is 12.1. The van der Waals surface area contributed by atoms with Crippen LogP contribution >= 0.6 is 15.9 Å². The van der Waals surface area contributed by atoms with Gasteiger partial charge in [-0.05, 0) is 43.7 Å². The largest absolute Gasteiger partial charge is 0.355 e. The van der Waals surface area contributed by atoms with Crippen molar-refractivity contribution in [1.82, 2.24) is 10.2 Å². The maximum Gasteiger partial charge on any atom is 0.244 e. The van der Waals surface area contributed by atoms with Crippen LogP contribution in [0.3, 0.4) is 0 Å². The maximum absolute atomic E-state index is 13.2. The molecular weight excluding hydrogens is 470 g/mol. The first-order chi connectivity index (χ1) is 14.1. The predicted molar refractivity (Wildman–Crippen MR) is 121 cm³/mol. The monoisotopic (exact) mass is 495 g/mol. The summed E-state index contributed by atoms with van der Waals surface area (Å²) in [5.41, 5.74) is 1.21. The van der Waals surface area contributed by atoms with Crippen molar-refractivity contribution in [3.05, 3.63) is 64.6 Å². The Kier molecular flexibility index (Phi) is 8.43. The Labute approximate surface area is 186 Å². The van der Waals surface area contributed by atoms with Gasteiger partial charge in [-0.15, -0.1) is 0 Å². The zero-order valence-electron chi connectivity index (χ0n) is 17.2. The van der Waals surface area contributed by atoms with E-state index < -0.39 is 28.5 Å². The van der Waals surface area contributed by atoms with Gasteiger partial charge in [0, 0.05) is 17.6 Å². The van der Waals surface area contributed by atoms with Crippen molar-refractivity contribution in [2.45, 2.75) is 26.4 Å². The molecule has 2 amide bonds. The van der Waals surface area contributed by atoms with Gasteiger partial charge in [-0.3, -0.25) is 13.9 Å². The van der Waals surface area contributed by atoms with E-state index in [9.17, 15) is 18.0 Å². The number of hydrogen-bond donors (Lipinski definition) is 1. The summed E-state index contributed by atoms with van der Waals surface area (Å²) in [4.78, 5) is 27.1. The number of benzene rings is 2. The molecule has 30 heavy (non-hydrogen) atoms. The summed E-state index contributed by atoms with van der Waals surface area (Å²) in [6.07, 6.45) is 1.05. The zero-order valence-corrected chi connectivity index (χ0v) is 19.6. The molecule has 0 heterocycles. The minimum absolute atomic E-state index is 0.170. The molecule has 162 valence electrons. The van der Waals surface area contributed by atoms with Crippen LogP contribution < -0.4 is 9.62 Å². The second kappa shape index (κ2) is 10.6. The van der Waals surface area contributed by atoms with Crippen molar-refractivity contribution in [3.63, 3.8) is 0 Å². The summed E-state index contributed by atoms with van der Waals surface area (Å²) in [6, 6.07) is 15.1. The average Bonchev–Trinajstić information content (AvgIpc) is 2.69. The average molecular weight is 496 g/mol. The smallest absolute Gasteiger partial charge is 0.244 e. The summed E-state index contributed by atoms with van der Waals surface area (Å²) in [6.45, 7) is 3.63. The number of carbonyl (C=O) groups is 2. The van der Waals surface area contributed by atoms with E-state index in [0.29, 0.717) is 12.2 Å². The molecule has 0 fully saturated rings. The summed E-state index contributed by atoms with van der Waals surface area (Å²) >= 11 is 3.41. The first-order valence-electron chi connectivity index (χ1n) is 9.48. The van der Waals surface area contributed by atoms with Crippen molar-refractivity contribution in [1.29, 1.82) is 0 Å². The molecule has 0 aliphatic carbocycles. The molecule has 0 unspecified atom stereocenters. The van der Waals surface area contributed by atoms with Crippen LogP contribution in [0.25, 0.3) is 0 Å². The van der Waals surface area contributed by atoms with E-state index in [0.717, 1.165) is 20.6 Å². The first kappa shape index (κ1) is 23.9. The molecule has 2 rings (SSSR count). The number of nitrogens with one attached hydrogen (secondary N) is 1. The van der Waals surface area contributed by atoms with Gasteiger partial charge >= 0.3 is 0 Å². The molecule has 0 aliphatic heterocycles. The highest BCUT2D eigenvalue weighted by Crippen LogP contribution is 2.19. The second-order valence-corrected chi connectivity index (χ2v) is 9.65. The van der Waals surface area contributed by atoms with Crippen molar-refractivity contribution in [2.75, 3.05) is 23.7 Å². The molecule has 7 nitrogen and oxygen atoms in total. The Morgan fingerprint density at radius 2 is 1.77 bits per heavy atom. The molecule has 2 aromatic carbocycles. The lowest BCUT2D eigenvalue weighted by molar-refractivity contribution is -0.139. The van der Waals surface area contributed by atoms with Gasteiger partial charge in [0.15, 0.2) is 0 Å². The highest BCUT2D eigenvalue weighted by molar-refractivity contribution is 9.10. The third kappa shape index (κ3) is 6.56. The molecule has 2 aromatic rings. The molecule has 0 saturated heterocycles. The molecular formula is C21H26BrN3O4S.